The average Bonchev–Trinajstić information content (AvgIpc) is 3.03. The van der Waals surface area contributed by atoms with Crippen molar-refractivity contribution in [1.29, 1.82) is 0 Å². The van der Waals surface area contributed by atoms with Crippen LogP contribution in [0.15, 0.2) is 60.7 Å². The number of urea groups is 1. The molecule has 2 aromatic carbocycles. The fourth-order valence-electron chi connectivity index (χ4n) is 3.04. The second-order valence-corrected chi connectivity index (χ2v) is 5.32. The van der Waals surface area contributed by atoms with Crippen molar-refractivity contribution < 1.29 is 19.1 Å². The Morgan fingerprint density at radius 3 is 1.43 bits per heavy atom. The van der Waals surface area contributed by atoms with Gasteiger partial charge in [-0.05, 0) is 24.3 Å². The molecule has 6 nitrogen and oxygen atoms in total. The van der Waals surface area contributed by atoms with Gasteiger partial charge in [0, 0.05) is 11.4 Å². The lowest BCUT2D eigenvalue weighted by molar-refractivity contribution is -0.152. The zero-order valence-corrected chi connectivity index (χ0v) is 12.0. The van der Waals surface area contributed by atoms with Crippen LogP contribution in [0.5, 0.6) is 0 Å². The molecule has 0 bridgehead atoms. The molecule has 114 valence electrons. The van der Waals surface area contributed by atoms with Crippen molar-refractivity contribution >= 4 is 29.3 Å². The molecule has 2 atom stereocenters. The van der Waals surface area contributed by atoms with Gasteiger partial charge in [0.25, 0.3) is 0 Å². The topological polar surface area (TPSA) is 66.9 Å². The second-order valence-electron chi connectivity index (χ2n) is 5.32. The maximum atomic E-state index is 12.9. The highest BCUT2D eigenvalue weighted by Crippen LogP contribution is 2.36. The lowest BCUT2D eigenvalue weighted by Gasteiger charge is -2.21. The first-order valence-corrected chi connectivity index (χ1v) is 7.16. The number of para-hydroxylation sites is 2. The lowest BCUT2D eigenvalue weighted by Crippen LogP contribution is -2.39. The van der Waals surface area contributed by atoms with E-state index in [4.69, 9.17) is 4.74 Å². The molecule has 0 aliphatic carbocycles. The zero-order valence-electron chi connectivity index (χ0n) is 12.0. The molecule has 6 heteroatoms. The number of rotatable bonds is 2. The van der Waals surface area contributed by atoms with Crippen LogP contribution in [0, 0.1) is 0 Å². The van der Waals surface area contributed by atoms with E-state index in [9.17, 15) is 14.4 Å². The summed E-state index contributed by atoms with van der Waals surface area (Å²) in [6.45, 7) is 0. The quantitative estimate of drug-likeness (QED) is 0.628. The van der Waals surface area contributed by atoms with Crippen LogP contribution >= 0.6 is 0 Å². The summed E-state index contributed by atoms with van der Waals surface area (Å²) in [5.74, 6) is -1.40. The third-order valence-corrected chi connectivity index (χ3v) is 4.02. The number of amides is 2. The van der Waals surface area contributed by atoms with Gasteiger partial charge in [0.15, 0.2) is 12.1 Å². The molecule has 4 rings (SSSR count). The minimum absolute atomic E-state index is 0.414. The molecule has 2 aliphatic rings. The SMILES string of the molecule is O=C1OC(=O)C2C1N(c1ccccc1)C(=O)N2c1ccccc1. The summed E-state index contributed by atoms with van der Waals surface area (Å²) >= 11 is 0. The van der Waals surface area contributed by atoms with Crippen LogP contribution in [0.1, 0.15) is 0 Å². The number of anilines is 2. The fraction of sp³-hybridized carbons (Fsp3) is 0.118. The second kappa shape index (κ2) is 4.95. The van der Waals surface area contributed by atoms with E-state index in [1.807, 2.05) is 12.1 Å². The number of cyclic esters (lactones) is 2. The largest absolute Gasteiger partial charge is 0.390 e. The Morgan fingerprint density at radius 1 is 0.652 bits per heavy atom. The molecule has 23 heavy (non-hydrogen) atoms. The van der Waals surface area contributed by atoms with E-state index in [2.05, 4.69) is 0 Å². The summed E-state index contributed by atoms with van der Waals surface area (Å²) in [6.07, 6.45) is 0. The van der Waals surface area contributed by atoms with Gasteiger partial charge in [0.1, 0.15) is 0 Å². The molecule has 2 amide bonds. The summed E-state index contributed by atoms with van der Waals surface area (Å²) in [7, 11) is 0. The molecule has 2 fully saturated rings. The Labute approximate surface area is 131 Å². The number of carbonyl (C=O) groups is 3. The molecule has 2 saturated heterocycles. The molecule has 0 aromatic heterocycles. The van der Waals surface area contributed by atoms with E-state index in [0.29, 0.717) is 11.4 Å². The van der Waals surface area contributed by atoms with Crippen LogP contribution in [-0.2, 0) is 14.3 Å². The van der Waals surface area contributed by atoms with E-state index in [-0.39, 0.29) is 0 Å². The molecular formula is C17H12N2O4. The van der Waals surface area contributed by atoms with E-state index < -0.39 is 30.1 Å². The number of carbonyl (C=O) groups excluding carboxylic acids is 3. The van der Waals surface area contributed by atoms with Crippen LogP contribution in [-0.4, -0.2) is 30.1 Å². The van der Waals surface area contributed by atoms with E-state index in [0.717, 1.165) is 0 Å². The molecule has 2 unspecified atom stereocenters. The monoisotopic (exact) mass is 308 g/mol. The van der Waals surface area contributed by atoms with Crippen molar-refractivity contribution in [2.24, 2.45) is 0 Å². The molecular weight excluding hydrogens is 296 g/mol. The number of ether oxygens (including phenoxy) is 1. The number of hydrogen-bond donors (Lipinski definition) is 0. The number of nitrogens with zero attached hydrogens (tertiary/aromatic N) is 2. The molecule has 2 heterocycles. The Bertz CT molecular complexity index is 725. The summed E-state index contributed by atoms with van der Waals surface area (Å²) in [5.41, 5.74) is 1.11. The first kappa shape index (κ1) is 13.5. The highest BCUT2D eigenvalue weighted by Gasteiger charge is 2.60. The van der Waals surface area contributed by atoms with Crippen molar-refractivity contribution in [2.75, 3.05) is 9.80 Å². The number of benzene rings is 2. The first-order valence-electron chi connectivity index (χ1n) is 7.16. The average molecular weight is 308 g/mol. The zero-order chi connectivity index (χ0) is 16.0. The van der Waals surface area contributed by atoms with Gasteiger partial charge in [-0.3, -0.25) is 9.80 Å². The van der Waals surface area contributed by atoms with Gasteiger partial charge in [0.2, 0.25) is 0 Å². The minimum atomic E-state index is -0.961. The van der Waals surface area contributed by atoms with Gasteiger partial charge in [-0.15, -0.1) is 0 Å². The molecule has 2 aromatic rings. The van der Waals surface area contributed by atoms with Crippen molar-refractivity contribution in [3.8, 4) is 0 Å². The fourth-order valence-corrected chi connectivity index (χ4v) is 3.04. The minimum Gasteiger partial charge on any atom is -0.390 e. The normalized spacial score (nSPS) is 23.2. The van der Waals surface area contributed by atoms with E-state index in [1.165, 1.54) is 9.80 Å². The van der Waals surface area contributed by atoms with Crippen LogP contribution < -0.4 is 9.80 Å². The predicted octanol–water partition coefficient (Wildman–Crippen LogP) is 1.95. The lowest BCUT2D eigenvalue weighted by atomic mass is 10.1. The highest BCUT2D eigenvalue weighted by molar-refractivity contribution is 6.20. The van der Waals surface area contributed by atoms with Crippen LogP contribution in [0.25, 0.3) is 0 Å². The number of hydrogen-bond acceptors (Lipinski definition) is 4. The molecule has 0 radical (unpaired) electrons. The van der Waals surface area contributed by atoms with Gasteiger partial charge in [-0.1, -0.05) is 36.4 Å². The van der Waals surface area contributed by atoms with E-state index in [1.54, 1.807) is 48.5 Å². The Hall–Kier alpha value is -3.15. The number of esters is 2. The van der Waals surface area contributed by atoms with Crippen molar-refractivity contribution in [3.05, 3.63) is 60.7 Å². The summed E-state index contributed by atoms with van der Waals surface area (Å²) in [6, 6.07) is 15.3. The van der Waals surface area contributed by atoms with Gasteiger partial charge >= 0.3 is 18.0 Å². The van der Waals surface area contributed by atoms with Crippen molar-refractivity contribution in [2.45, 2.75) is 12.1 Å². The standard InChI is InChI=1S/C17H12N2O4/c20-15-13-14(16(21)23-15)19(12-9-5-2-6-10-12)17(22)18(13)11-7-3-1-4-8-11/h1-10,13-14H. The van der Waals surface area contributed by atoms with Crippen LogP contribution in [0.4, 0.5) is 16.2 Å². The van der Waals surface area contributed by atoms with Crippen molar-refractivity contribution in [1.82, 2.24) is 0 Å². The number of fused-ring (bicyclic) bond motifs is 1. The highest BCUT2D eigenvalue weighted by atomic mass is 16.6. The molecule has 0 saturated carbocycles. The maximum absolute atomic E-state index is 12.9. The van der Waals surface area contributed by atoms with Crippen molar-refractivity contribution in [3.63, 3.8) is 0 Å². The van der Waals surface area contributed by atoms with Gasteiger partial charge < -0.3 is 4.74 Å². The van der Waals surface area contributed by atoms with Gasteiger partial charge in [0.05, 0.1) is 0 Å². The molecule has 2 aliphatic heterocycles. The third-order valence-electron chi connectivity index (χ3n) is 4.02. The molecule has 0 N–H and O–H groups in total. The smallest absolute Gasteiger partial charge is 0.339 e. The Balaban J connectivity index is 1.85. The Morgan fingerprint density at radius 2 is 1.04 bits per heavy atom. The molecule has 0 spiro atoms. The third kappa shape index (κ3) is 1.92. The van der Waals surface area contributed by atoms with Gasteiger partial charge in [-0.25, -0.2) is 14.4 Å². The van der Waals surface area contributed by atoms with Crippen LogP contribution in [0.3, 0.4) is 0 Å². The van der Waals surface area contributed by atoms with Gasteiger partial charge in [-0.2, -0.15) is 0 Å². The summed E-state index contributed by atoms with van der Waals surface area (Å²) < 4.78 is 4.77. The first-order chi connectivity index (χ1) is 11.2. The predicted molar refractivity (Wildman–Crippen MR) is 81.9 cm³/mol. The Kier molecular flexibility index (Phi) is 2.90. The van der Waals surface area contributed by atoms with Crippen LogP contribution in [0.2, 0.25) is 0 Å². The summed E-state index contributed by atoms with van der Waals surface area (Å²) in [4.78, 5) is 39.8. The van der Waals surface area contributed by atoms with E-state index >= 15 is 0 Å². The maximum Gasteiger partial charge on any atom is 0.339 e. The summed E-state index contributed by atoms with van der Waals surface area (Å²) in [5, 5.41) is 0.